The van der Waals surface area contributed by atoms with E-state index in [-0.39, 0.29) is 18.5 Å². The Kier molecular flexibility index (Phi) is 3.94. The van der Waals surface area contributed by atoms with Gasteiger partial charge in [0.05, 0.1) is 12.7 Å². The molecule has 0 bridgehead atoms. The number of hydrogen-bond acceptors (Lipinski definition) is 2. The van der Waals surface area contributed by atoms with E-state index in [9.17, 15) is 9.50 Å². The molecule has 0 amide bonds. The van der Waals surface area contributed by atoms with E-state index < -0.39 is 6.10 Å². The van der Waals surface area contributed by atoms with E-state index in [1.165, 1.54) is 6.07 Å². The quantitative estimate of drug-likeness (QED) is 0.898. The molecule has 0 aliphatic carbocycles. The van der Waals surface area contributed by atoms with Gasteiger partial charge in [0.2, 0.25) is 0 Å². The molecule has 0 aromatic heterocycles. The molecule has 18 heavy (non-hydrogen) atoms. The van der Waals surface area contributed by atoms with E-state index in [1.807, 2.05) is 26.0 Å². The third-order valence-corrected chi connectivity index (χ3v) is 2.85. The Morgan fingerprint density at radius 3 is 2.44 bits per heavy atom. The van der Waals surface area contributed by atoms with Gasteiger partial charge in [-0.1, -0.05) is 30.3 Å². The first-order chi connectivity index (χ1) is 8.59. The van der Waals surface area contributed by atoms with Gasteiger partial charge in [0.15, 0.2) is 0 Å². The summed E-state index contributed by atoms with van der Waals surface area (Å²) < 4.78 is 19.0. The van der Waals surface area contributed by atoms with Crippen LogP contribution in [0.25, 0.3) is 10.8 Å². The fourth-order valence-electron chi connectivity index (χ4n) is 1.95. The summed E-state index contributed by atoms with van der Waals surface area (Å²) in [6.07, 6.45) is -0.677. The molecular formula is C15H17FO2. The largest absolute Gasteiger partial charge is 0.386 e. The molecule has 3 heteroatoms. The number of benzene rings is 2. The van der Waals surface area contributed by atoms with Gasteiger partial charge >= 0.3 is 0 Å². The first-order valence-corrected chi connectivity index (χ1v) is 6.06. The fraction of sp³-hybridized carbons (Fsp3) is 0.333. The molecule has 0 saturated heterocycles. The SMILES string of the molecule is CC(C)OCC(O)c1ccc(F)c2ccccc12. The second-order valence-electron chi connectivity index (χ2n) is 4.58. The van der Waals surface area contributed by atoms with Crippen molar-refractivity contribution in [2.75, 3.05) is 6.61 Å². The molecule has 0 radical (unpaired) electrons. The number of hydrogen-bond donors (Lipinski definition) is 1. The second kappa shape index (κ2) is 5.46. The maximum absolute atomic E-state index is 13.6. The van der Waals surface area contributed by atoms with Gasteiger partial charge in [0.25, 0.3) is 0 Å². The first-order valence-electron chi connectivity index (χ1n) is 6.06. The minimum atomic E-state index is -0.738. The molecule has 0 spiro atoms. The predicted molar refractivity (Wildman–Crippen MR) is 70.0 cm³/mol. The van der Waals surface area contributed by atoms with Crippen LogP contribution in [-0.2, 0) is 4.74 Å². The Balaban J connectivity index is 2.36. The third kappa shape index (κ3) is 2.68. The lowest BCUT2D eigenvalue weighted by atomic mass is 10.0. The molecular weight excluding hydrogens is 231 g/mol. The molecule has 2 nitrogen and oxygen atoms in total. The molecule has 2 aromatic carbocycles. The maximum atomic E-state index is 13.6. The number of halogens is 1. The minimum Gasteiger partial charge on any atom is -0.386 e. The summed E-state index contributed by atoms with van der Waals surface area (Å²) in [5, 5.41) is 11.4. The summed E-state index contributed by atoms with van der Waals surface area (Å²) in [6, 6.07) is 10.1. The van der Waals surface area contributed by atoms with Crippen molar-refractivity contribution in [3.05, 3.63) is 47.8 Å². The van der Waals surface area contributed by atoms with Gasteiger partial charge in [-0.15, -0.1) is 0 Å². The van der Waals surface area contributed by atoms with Crippen LogP contribution in [0.4, 0.5) is 4.39 Å². The molecule has 1 unspecified atom stereocenters. The number of aliphatic hydroxyl groups is 1. The zero-order chi connectivity index (χ0) is 13.1. The Labute approximate surface area is 106 Å². The maximum Gasteiger partial charge on any atom is 0.131 e. The van der Waals surface area contributed by atoms with Gasteiger partial charge < -0.3 is 9.84 Å². The van der Waals surface area contributed by atoms with Crippen LogP contribution >= 0.6 is 0 Å². The van der Waals surface area contributed by atoms with Crippen LogP contribution in [0.3, 0.4) is 0 Å². The van der Waals surface area contributed by atoms with Gasteiger partial charge in [-0.2, -0.15) is 0 Å². The average Bonchev–Trinajstić information content (AvgIpc) is 2.37. The zero-order valence-corrected chi connectivity index (χ0v) is 10.6. The number of rotatable bonds is 4. The molecule has 1 atom stereocenters. The van der Waals surface area contributed by atoms with Crippen LogP contribution in [0, 0.1) is 5.82 Å². The molecule has 0 fully saturated rings. The van der Waals surface area contributed by atoms with Crippen LogP contribution in [-0.4, -0.2) is 17.8 Å². The van der Waals surface area contributed by atoms with Crippen LogP contribution in [0.15, 0.2) is 36.4 Å². The summed E-state index contributed by atoms with van der Waals surface area (Å²) in [5.41, 5.74) is 0.702. The van der Waals surface area contributed by atoms with E-state index in [1.54, 1.807) is 18.2 Å². The van der Waals surface area contributed by atoms with Crippen molar-refractivity contribution in [2.24, 2.45) is 0 Å². The van der Waals surface area contributed by atoms with Crippen molar-refractivity contribution in [3.63, 3.8) is 0 Å². The van der Waals surface area contributed by atoms with Gasteiger partial charge in [-0.05, 0) is 30.9 Å². The van der Waals surface area contributed by atoms with Crippen molar-refractivity contribution in [2.45, 2.75) is 26.1 Å². The Hall–Kier alpha value is -1.45. The van der Waals surface area contributed by atoms with Crippen molar-refractivity contribution in [1.29, 1.82) is 0 Å². The Bertz CT molecular complexity index is 537. The van der Waals surface area contributed by atoms with E-state index in [4.69, 9.17) is 4.74 Å². The highest BCUT2D eigenvalue weighted by Gasteiger charge is 2.13. The highest BCUT2D eigenvalue weighted by atomic mass is 19.1. The molecule has 0 aliphatic heterocycles. The molecule has 0 saturated carbocycles. The molecule has 96 valence electrons. The number of aliphatic hydroxyl groups excluding tert-OH is 1. The van der Waals surface area contributed by atoms with Crippen LogP contribution < -0.4 is 0 Å². The monoisotopic (exact) mass is 248 g/mol. The highest BCUT2D eigenvalue weighted by Crippen LogP contribution is 2.26. The van der Waals surface area contributed by atoms with Gasteiger partial charge in [0.1, 0.15) is 11.9 Å². The van der Waals surface area contributed by atoms with Crippen LogP contribution in [0.2, 0.25) is 0 Å². The summed E-state index contributed by atoms with van der Waals surface area (Å²) in [5.74, 6) is -0.272. The van der Waals surface area contributed by atoms with Crippen molar-refractivity contribution in [1.82, 2.24) is 0 Å². The lowest BCUT2D eigenvalue weighted by Gasteiger charge is -2.16. The molecule has 0 aliphatic rings. The summed E-state index contributed by atoms with van der Waals surface area (Å²) >= 11 is 0. The van der Waals surface area contributed by atoms with E-state index in [0.29, 0.717) is 10.9 Å². The number of ether oxygens (including phenoxy) is 1. The van der Waals surface area contributed by atoms with Crippen molar-refractivity contribution < 1.29 is 14.2 Å². The minimum absolute atomic E-state index is 0.0614. The van der Waals surface area contributed by atoms with E-state index >= 15 is 0 Å². The summed E-state index contributed by atoms with van der Waals surface area (Å²) in [7, 11) is 0. The predicted octanol–water partition coefficient (Wildman–Crippen LogP) is 3.44. The third-order valence-electron chi connectivity index (χ3n) is 2.85. The highest BCUT2D eigenvalue weighted by molar-refractivity contribution is 5.86. The van der Waals surface area contributed by atoms with Crippen molar-refractivity contribution in [3.8, 4) is 0 Å². The fourth-order valence-corrected chi connectivity index (χ4v) is 1.95. The molecule has 2 rings (SSSR count). The topological polar surface area (TPSA) is 29.5 Å². The Morgan fingerprint density at radius 1 is 1.11 bits per heavy atom. The normalized spacial score (nSPS) is 13.2. The summed E-state index contributed by atoms with van der Waals surface area (Å²) in [4.78, 5) is 0. The first kappa shape index (κ1) is 13.0. The zero-order valence-electron chi connectivity index (χ0n) is 10.6. The van der Waals surface area contributed by atoms with Gasteiger partial charge in [-0.25, -0.2) is 4.39 Å². The molecule has 2 aromatic rings. The van der Waals surface area contributed by atoms with E-state index in [0.717, 1.165) is 5.39 Å². The lowest BCUT2D eigenvalue weighted by molar-refractivity contribution is 0.00548. The molecule has 0 heterocycles. The summed E-state index contributed by atoms with van der Waals surface area (Å²) in [6.45, 7) is 4.04. The van der Waals surface area contributed by atoms with Crippen molar-refractivity contribution >= 4 is 10.8 Å². The van der Waals surface area contributed by atoms with Gasteiger partial charge in [0, 0.05) is 5.39 Å². The smallest absolute Gasteiger partial charge is 0.131 e. The van der Waals surface area contributed by atoms with Crippen LogP contribution in [0.5, 0.6) is 0 Å². The standard InChI is InChI=1S/C15H17FO2/c1-10(2)18-9-15(17)13-7-8-14(16)12-6-4-3-5-11(12)13/h3-8,10,15,17H,9H2,1-2H3. The lowest BCUT2D eigenvalue weighted by Crippen LogP contribution is -2.12. The average molecular weight is 248 g/mol. The molecule has 1 N–H and O–H groups in total. The van der Waals surface area contributed by atoms with Gasteiger partial charge in [-0.3, -0.25) is 0 Å². The number of fused-ring (bicyclic) bond motifs is 1. The second-order valence-corrected chi connectivity index (χ2v) is 4.58. The van der Waals surface area contributed by atoms with E-state index in [2.05, 4.69) is 0 Å². The van der Waals surface area contributed by atoms with Crippen LogP contribution in [0.1, 0.15) is 25.5 Å². The Morgan fingerprint density at radius 2 is 1.78 bits per heavy atom.